The summed E-state index contributed by atoms with van der Waals surface area (Å²) >= 11 is 1.59. The molecular formula is C19H18N2O3S. The molecule has 0 N–H and O–H groups in total. The monoisotopic (exact) mass is 354 g/mol. The van der Waals surface area contributed by atoms with Gasteiger partial charge in [-0.1, -0.05) is 12.1 Å². The van der Waals surface area contributed by atoms with E-state index >= 15 is 0 Å². The second-order valence-electron chi connectivity index (χ2n) is 6.00. The van der Waals surface area contributed by atoms with Crippen molar-refractivity contribution in [3.8, 4) is 17.0 Å². The first kappa shape index (κ1) is 15.9. The van der Waals surface area contributed by atoms with E-state index in [1.807, 2.05) is 30.3 Å². The standard InChI is InChI=1S/C19H18N2O3S/c1-21(17(22)11-12-3-5-13(23-2)6-4-12)19-20-18-14-9-10-24-15(14)7-8-16(18)25-19/h3-6,9-10H,7-8,11H2,1-2H3. The van der Waals surface area contributed by atoms with Crippen LogP contribution in [-0.2, 0) is 24.1 Å². The van der Waals surface area contributed by atoms with Crippen LogP contribution >= 0.6 is 11.3 Å². The second kappa shape index (κ2) is 6.37. The molecule has 25 heavy (non-hydrogen) atoms. The lowest BCUT2D eigenvalue weighted by atomic mass is 10.0. The minimum atomic E-state index is 0.0173. The lowest BCUT2D eigenvalue weighted by Crippen LogP contribution is -2.27. The number of hydrogen-bond acceptors (Lipinski definition) is 5. The third-order valence-electron chi connectivity index (χ3n) is 4.44. The quantitative estimate of drug-likeness (QED) is 0.717. The highest BCUT2D eigenvalue weighted by atomic mass is 32.1. The third kappa shape index (κ3) is 2.93. The Bertz CT molecular complexity index is 911. The van der Waals surface area contributed by atoms with Crippen molar-refractivity contribution in [2.75, 3.05) is 19.1 Å². The Morgan fingerprint density at radius 3 is 2.84 bits per heavy atom. The minimum Gasteiger partial charge on any atom is -0.497 e. The highest BCUT2D eigenvalue weighted by Gasteiger charge is 2.25. The number of amides is 1. The van der Waals surface area contributed by atoms with Gasteiger partial charge in [0.15, 0.2) is 5.13 Å². The number of benzene rings is 1. The topological polar surface area (TPSA) is 55.6 Å². The van der Waals surface area contributed by atoms with Crippen LogP contribution in [0.1, 0.15) is 16.2 Å². The Balaban J connectivity index is 1.53. The fourth-order valence-electron chi connectivity index (χ4n) is 2.98. The number of carbonyl (C=O) groups is 1. The maximum atomic E-state index is 12.6. The molecule has 128 valence electrons. The molecule has 0 fully saturated rings. The maximum Gasteiger partial charge on any atom is 0.232 e. The molecule has 0 saturated heterocycles. The molecule has 0 unspecified atom stereocenters. The molecule has 0 bridgehead atoms. The molecule has 2 aromatic heterocycles. The van der Waals surface area contributed by atoms with Crippen LogP contribution in [0, 0.1) is 0 Å². The van der Waals surface area contributed by atoms with Gasteiger partial charge in [-0.2, -0.15) is 0 Å². The fraction of sp³-hybridized carbons (Fsp3) is 0.263. The zero-order chi connectivity index (χ0) is 17.4. The number of aryl methyl sites for hydroxylation is 2. The number of fused-ring (bicyclic) bond motifs is 3. The molecule has 3 aromatic rings. The summed E-state index contributed by atoms with van der Waals surface area (Å²) in [4.78, 5) is 20.2. The normalized spacial score (nSPS) is 12.4. The number of aromatic nitrogens is 1. The predicted octanol–water partition coefficient (Wildman–Crippen LogP) is 3.72. The molecule has 0 spiro atoms. The number of likely N-dealkylation sites (N-methyl/N-ethyl adjacent to an activating group) is 1. The first-order valence-electron chi connectivity index (χ1n) is 8.11. The van der Waals surface area contributed by atoms with Gasteiger partial charge in [-0.3, -0.25) is 9.69 Å². The summed E-state index contributed by atoms with van der Waals surface area (Å²) in [5.41, 5.74) is 2.97. The van der Waals surface area contributed by atoms with Crippen LogP contribution < -0.4 is 9.64 Å². The van der Waals surface area contributed by atoms with E-state index in [2.05, 4.69) is 0 Å². The largest absolute Gasteiger partial charge is 0.497 e. The van der Waals surface area contributed by atoms with Crippen molar-refractivity contribution in [3.63, 3.8) is 0 Å². The highest BCUT2D eigenvalue weighted by Crippen LogP contribution is 2.39. The van der Waals surface area contributed by atoms with Gasteiger partial charge in [0.05, 0.1) is 25.5 Å². The van der Waals surface area contributed by atoms with Crippen molar-refractivity contribution < 1.29 is 13.9 Å². The predicted molar refractivity (Wildman–Crippen MR) is 97.3 cm³/mol. The molecule has 1 aliphatic carbocycles. The van der Waals surface area contributed by atoms with Crippen LogP contribution in [0.25, 0.3) is 11.3 Å². The van der Waals surface area contributed by atoms with E-state index < -0.39 is 0 Å². The van der Waals surface area contributed by atoms with Gasteiger partial charge < -0.3 is 9.15 Å². The van der Waals surface area contributed by atoms with Crippen molar-refractivity contribution in [1.29, 1.82) is 0 Å². The Labute approximate surface area is 149 Å². The average molecular weight is 354 g/mol. The van der Waals surface area contributed by atoms with Gasteiger partial charge in [-0.05, 0) is 30.2 Å². The summed E-state index contributed by atoms with van der Waals surface area (Å²) in [6.45, 7) is 0. The second-order valence-corrected chi connectivity index (χ2v) is 7.07. The summed E-state index contributed by atoms with van der Waals surface area (Å²) in [5.74, 6) is 1.79. The average Bonchev–Trinajstić information content (AvgIpc) is 3.27. The first-order chi connectivity index (χ1) is 12.2. The van der Waals surface area contributed by atoms with E-state index in [1.54, 1.807) is 36.7 Å². The van der Waals surface area contributed by atoms with Crippen LogP contribution in [0.4, 0.5) is 5.13 Å². The van der Waals surface area contributed by atoms with Gasteiger partial charge in [-0.15, -0.1) is 11.3 Å². The summed E-state index contributed by atoms with van der Waals surface area (Å²) in [7, 11) is 3.41. The van der Waals surface area contributed by atoms with Gasteiger partial charge in [0.1, 0.15) is 11.5 Å². The minimum absolute atomic E-state index is 0.0173. The summed E-state index contributed by atoms with van der Waals surface area (Å²) < 4.78 is 10.6. The molecule has 0 saturated carbocycles. The summed E-state index contributed by atoms with van der Waals surface area (Å²) in [6, 6.07) is 9.51. The molecule has 4 rings (SSSR count). The van der Waals surface area contributed by atoms with E-state index in [9.17, 15) is 4.79 Å². The fourth-order valence-corrected chi connectivity index (χ4v) is 4.03. The van der Waals surface area contributed by atoms with E-state index in [-0.39, 0.29) is 5.91 Å². The Morgan fingerprint density at radius 1 is 1.28 bits per heavy atom. The first-order valence-corrected chi connectivity index (χ1v) is 8.93. The smallest absolute Gasteiger partial charge is 0.232 e. The third-order valence-corrected chi connectivity index (χ3v) is 5.63. The van der Waals surface area contributed by atoms with Gasteiger partial charge in [0, 0.05) is 23.9 Å². The Hall–Kier alpha value is -2.60. The molecule has 0 aliphatic heterocycles. The molecule has 2 heterocycles. The number of rotatable bonds is 4. The summed E-state index contributed by atoms with van der Waals surface area (Å²) in [5, 5.41) is 0.734. The zero-order valence-corrected chi connectivity index (χ0v) is 14.9. The Kier molecular flexibility index (Phi) is 4.05. The lowest BCUT2D eigenvalue weighted by molar-refractivity contribution is -0.117. The number of ether oxygens (including phenoxy) is 1. The molecular weight excluding hydrogens is 336 g/mol. The van der Waals surface area contributed by atoms with Gasteiger partial charge in [0.25, 0.3) is 0 Å². The number of hydrogen-bond donors (Lipinski definition) is 0. The number of carbonyl (C=O) groups excluding carboxylic acids is 1. The van der Waals surface area contributed by atoms with Crippen molar-refractivity contribution in [2.45, 2.75) is 19.3 Å². The Morgan fingerprint density at radius 2 is 2.08 bits per heavy atom. The number of methoxy groups -OCH3 is 1. The molecule has 5 nitrogen and oxygen atoms in total. The van der Waals surface area contributed by atoms with Gasteiger partial charge >= 0.3 is 0 Å². The number of furan rings is 1. The van der Waals surface area contributed by atoms with Crippen LogP contribution in [0.2, 0.25) is 0 Å². The zero-order valence-electron chi connectivity index (χ0n) is 14.1. The van der Waals surface area contributed by atoms with Crippen LogP contribution in [0.5, 0.6) is 5.75 Å². The number of nitrogens with zero attached hydrogens (tertiary/aromatic N) is 2. The van der Waals surface area contributed by atoms with Crippen molar-refractivity contribution in [1.82, 2.24) is 4.98 Å². The molecule has 1 aliphatic rings. The van der Waals surface area contributed by atoms with Gasteiger partial charge in [0.2, 0.25) is 5.91 Å². The maximum absolute atomic E-state index is 12.6. The van der Waals surface area contributed by atoms with Crippen LogP contribution in [-0.4, -0.2) is 25.0 Å². The lowest BCUT2D eigenvalue weighted by Gasteiger charge is -2.13. The number of thiazole rings is 1. The number of anilines is 1. The van der Waals surface area contributed by atoms with Crippen molar-refractivity contribution in [3.05, 3.63) is 52.8 Å². The van der Waals surface area contributed by atoms with E-state index in [0.29, 0.717) is 6.42 Å². The van der Waals surface area contributed by atoms with Crippen LogP contribution in [0.3, 0.4) is 0 Å². The molecule has 0 radical (unpaired) electrons. The molecule has 0 atom stereocenters. The van der Waals surface area contributed by atoms with E-state index in [1.165, 1.54) is 4.88 Å². The summed E-state index contributed by atoms with van der Waals surface area (Å²) in [6.07, 6.45) is 3.84. The van der Waals surface area contributed by atoms with E-state index in [4.69, 9.17) is 14.1 Å². The molecule has 1 amide bonds. The van der Waals surface area contributed by atoms with Crippen molar-refractivity contribution >= 4 is 22.4 Å². The van der Waals surface area contributed by atoms with Crippen LogP contribution in [0.15, 0.2) is 41.0 Å². The van der Waals surface area contributed by atoms with Crippen molar-refractivity contribution in [2.24, 2.45) is 0 Å². The molecule has 6 heteroatoms. The highest BCUT2D eigenvalue weighted by molar-refractivity contribution is 7.16. The van der Waals surface area contributed by atoms with Gasteiger partial charge in [-0.25, -0.2) is 4.98 Å². The molecule has 1 aromatic carbocycles. The SMILES string of the molecule is COc1ccc(CC(=O)N(C)c2nc3c(s2)CCc2occc2-3)cc1. The van der Waals surface area contributed by atoms with E-state index in [0.717, 1.165) is 46.3 Å².